The SMILES string of the molecule is CCC1(CN2C(=O)NC(=O)C(CC)(CC)C2=O)CCC1. The number of nitrogens with zero attached hydrogens (tertiary/aromatic N) is 1. The van der Waals surface area contributed by atoms with Crippen LogP contribution in [0.15, 0.2) is 0 Å². The minimum atomic E-state index is -1.06. The van der Waals surface area contributed by atoms with E-state index in [1.165, 1.54) is 4.90 Å². The zero-order valence-corrected chi connectivity index (χ0v) is 12.6. The number of imide groups is 2. The van der Waals surface area contributed by atoms with Gasteiger partial charge >= 0.3 is 6.03 Å². The van der Waals surface area contributed by atoms with Crippen molar-refractivity contribution < 1.29 is 14.4 Å². The average Bonchev–Trinajstić information content (AvgIpc) is 2.38. The molecule has 1 saturated carbocycles. The van der Waals surface area contributed by atoms with Gasteiger partial charge in [-0.15, -0.1) is 0 Å². The van der Waals surface area contributed by atoms with Crippen LogP contribution >= 0.6 is 0 Å². The molecule has 5 heteroatoms. The van der Waals surface area contributed by atoms with E-state index in [0.29, 0.717) is 19.4 Å². The Balaban J connectivity index is 2.26. The molecule has 1 aliphatic heterocycles. The zero-order valence-electron chi connectivity index (χ0n) is 12.6. The molecule has 0 radical (unpaired) electrons. The summed E-state index contributed by atoms with van der Waals surface area (Å²) in [5, 5.41) is 2.37. The summed E-state index contributed by atoms with van der Waals surface area (Å²) >= 11 is 0. The Bertz CT molecular complexity index is 431. The summed E-state index contributed by atoms with van der Waals surface area (Å²) < 4.78 is 0. The van der Waals surface area contributed by atoms with Gasteiger partial charge in [0.15, 0.2) is 0 Å². The molecular formula is C15H24N2O3. The first-order chi connectivity index (χ1) is 9.44. The second kappa shape index (κ2) is 5.19. The zero-order chi connectivity index (χ0) is 15.0. The molecule has 0 aromatic rings. The number of nitrogens with one attached hydrogen (secondary N) is 1. The molecule has 0 atom stereocenters. The van der Waals surface area contributed by atoms with Gasteiger partial charge in [0, 0.05) is 6.54 Å². The number of hydrogen-bond donors (Lipinski definition) is 1. The minimum absolute atomic E-state index is 0.0701. The third kappa shape index (κ3) is 2.03. The van der Waals surface area contributed by atoms with E-state index in [1.807, 2.05) is 13.8 Å². The topological polar surface area (TPSA) is 66.5 Å². The second-order valence-electron chi connectivity index (χ2n) is 6.15. The predicted molar refractivity (Wildman–Crippen MR) is 74.8 cm³/mol. The molecule has 1 aliphatic carbocycles. The Morgan fingerprint density at radius 2 is 1.65 bits per heavy atom. The van der Waals surface area contributed by atoms with E-state index in [4.69, 9.17) is 0 Å². The fraction of sp³-hybridized carbons (Fsp3) is 0.800. The Kier molecular flexibility index (Phi) is 3.89. The number of amides is 4. The number of hydrogen-bond acceptors (Lipinski definition) is 3. The molecule has 4 amide bonds. The highest BCUT2D eigenvalue weighted by Gasteiger charge is 2.53. The van der Waals surface area contributed by atoms with Crippen molar-refractivity contribution in [3.63, 3.8) is 0 Å². The molecule has 0 spiro atoms. The average molecular weight is 280 g/mol. The molecule has 112 valence electrons. The molecule has 2 fully saturated rings. The summed E-state index contributed by atoms with van der Waals surface area (Å²) in [5.74, 6) is -0.746. The van der Waals surface area contributed by atoms with E-state index < -0.39 is 17.4 Å². The standard InChI is InChI=1S/C15H24N2O3/c1-4-14(8-7-9-14)10-17-12(19)15(5-2,6-3)11(18)16-13(17)20/h4-10H2,1-3H3,(H,16,18,20). The Hall–Kier alpha value is -1.39. The largest absolute Gasteiger partial charge is 0.330 e. The molecule has 1 heterocycles. The summed E-state index contributed by atoms with van der Waals surface area (Å²) in [5.41, 5.74) is -0.993. The Morgan fingerprint density at radius 1 is 1.05 bits per heavy atom. The smallest absolute Gasteiger partial charge is 0.277 e. The van der Waals surface area contributed by atoms with E-state index in [9.17, 15) is 14.4 Å². The molecule has 0 unspecified atom stereocenters. The van der Waals surface area contributed by atoms with Crippen molar-refractivity contribution in [1.29, 1.82) is 0 Å². The van der Waals surface area contributed by atoms with Crippen LogP contribution in [-0.2, 0) is 9.59 Å². The lowest BCUT2D eigenvalue weighted by Gasteiger charge is -2.47. The molecule has 2 aliphatic rings. The van der Waals surface area contributed by atoms with E-state index in [2.05, 4.69) is 12.2 Å². The molecule has 1 N–H and O–H groups in total. The summed E-state index contributed by atoms with van der Waals surface area (Å²) in [6.07, 6.45) is 5.08. The van der Waals surface area contributed by atoms with Gasteiger partial charge in [-0.2, -0.15) is 0 Å². The van der Waals surface area contributed by atoms with Crippen molar-refractivity contribution in [2.45, 2.75) is 59.3 Å². The quantitative estimate of drug-likeness (QED) is 0.787. The molecule has 20 heavy (non-hydrogen) atoms. The summed E-state index contributed by atoms with van der Waals surface area (Å²) in [4.78, 5) is 38.1. The maximum atomic E-state index is 12.7. The maximum absolute atomic E-state index is 12.7. The van der Waals surface area contributed by atoms with Gasteiger partial charge in [-0.05, 0) is 37.5 Å². The second-order valence-corrected chi connectivity index (χ2v) is 6.15. The van der Waals surface area contributed by atoms with Gasteiger partial charge in [0.1, 0.15) is 5.41 Å². The lowest BCUT2D eigenvalue weighted by molar-refractivity contribution is -0.153. The van der Waals surface area contributed by atoms with Crippen molar-refractivity contribution in [2.75, 3.05) is 6.54 Å². The first kappa shape index (κ1) is 15.0. The van der Waals surface area contributed by atoms with Gasteiger partial charge in [0.2, 0.25) is 11.8 Å². The lowest BCUT2D eigenvalue weighted by Crippen LogP contribution is -2.65. The molecule has 5 nitrogen and oxygen atoms in total. The first-order valence-corrected chi connectivity index (χ1v) is 7.62. The summed E-state index contributed by atoms with van der Waals surface area (Å²) in [6.45, 7) is 6.20. The van der Waals surface area contributed by atoms with Crippen LogP contribution in [0.5, 0.6) is 0 Å². The molecule has 0 aromatic heterocycles. The van der Waals surface area contributed by atoms with Crippen molar-refractivity contribution in [3.05, 3.63) is 0 Å². The van der Waals surface area contributed by atoms with E-state index >= 15 is 0 Å². The number of carbonyl (C=O) groups excluding carboxylic acids is 3. The van der Waals surface area contributed by atoms with Crippen LogP contribution in [0.2, 0.25) is 0 Å². The maximum Gasteiger partial charge on any atom is 0.330 e. The molecular weight excluding hydrogens is 256 g/mol. The molecule has 1 saturated heterocycles. The van der Waals surface area contributed by atoms with Crippen LogP contribution in [0.1, 0.15) is 59.3 Å². The summed E-state index contributed by atoms with van der Waals surface area (Å²) in [7, 11) is 0. The highest BCUT2D eigenvalue weighted by atomic mass is 16.2. The van der Waals surface area contributed by atoms with Gasteiger partial charge in [-0.25, -0.2) is 4.79 Å². The number of barbiturate groups is 1. The van der Waals surface area contributed by atoms with Gasteiger partial charge in [-0.3, -0.25) is 19.8 Å². The summed E-state index contributed by atoms with van der Waals surface area (Å²) in [6, 6.07) is -0.544. The van der Waals surface area contributed by atoms with Gasteiger partial charge in [0.05, 0.1) is 0 Å². The van der Waals surface area contributed by atoms with Crippen LogP contribution in [-0.4, -0.2) is 29.3 Å². The molecule has 2 rings (SSSR count). The van der Waals surface area contributed by atoms with Gasteiger partial charge in [0.25, 0.3) is 0 Å². The highest BCUT2D eigenvalue weighted by Crippen LogP contribution is 2.45. The number of urea groups is 1. The fourth-order valence-electron chi connectivity index (χ4n) is 3.38. The minimum Gasteiger partial charge on any atom is -0.277 e. The molecule has 0 aromatic carbocycles. The Morgan fingerprint density at radius 3 is 2.05 bits per heavy atom. The van der Waals surface area contributed by atoms with E-state index in [0.717, 1.165) is 25.7 Å². The normalized spacial score (nSPS) is 24.4. The number of carbonyl (C=O) groups is 3. The predicted octanol–water partition coefficient (Wildman–Crippen LogP) is 2.45. The van der Waals surface area contributed by atoms with Gasteiger partial charge in [-0.1, -0.05) is 27.2 Å². The van der Waals surface area contributed by atoms with Crippen molar-refractivity contribution in [3.8, 4) is 0 Å². The van der Waals surface area contributed by atoms with E-state index in [-0.39, 0.29) is 11.3 Å². The Labute approximate surface area is 120 Å². The van der Waals surface area contributed by atoms with Gasteiger partial charge < -0.3 is 0 Å². The third-order valence-electron chi connectivity index (χ3n) is 5.42. The van der Waals surface area contributed by atoms with Crippen LogP contribution in [0.4, 0.5) is 4.79 Å². The third-order valence-corrected chi connectivity index (χ3v) is 5.42. The number of rotatable bonds is 5. The van der Waals surface area contributed by atoms with Crippen LogP contribution in [0.3, 0.4) is 0 Å². The van der Waals surface area contributed by atoms with Crippen molar-refractivity contribution in [1.82, 2.24) is 10.2 Å². The fourth-order valence-corrected chi connectivity index (χ4v) is 3.38. The first-order valence-electron chi connectivity index (χ1n) is 7.62. The van der Waals surface area contributed by atoms with E-state index in [1.54, 1.807) is 0 Å². The van der Waals surface area contributed by atoms with Crippen LogP contribution in [0.25, 0.3) is 0 Å². The van der Waals surface area contributed by atoms with Crippen molar-refractivity contribution >= 4 is 17.8 Å². The van der Waals surface area contributed by atoms with Crippen LogP contribution in [0, 0.1) is 10.8 Å². The molecule has 0 bridgehead atoms. The van der Waals surface area contributed by atoms with Crippen LogP contribution < -0.4 is 5.32 Å². The lowest BCUT2D eigenvalue weighted by atomic mass is 9.66. The monoisotopic (exact) mass is 280 g/mol. The highest BCUT2D eigenvalue weighted by molar-refractivity contribution is 6.19. The van der Waals surface area contributed by atoms with Crippen molar-refractivity contribution in [2.24, 2.45) is 10.8 Å².